The van der Waals surface area contributed by atoms with Crippen LogP contribution in [0.1, 0.15) is 0 Å². The summed E-state index contributed by atoms with van der Waals surface area (Å²) in [5.41, 5.74) is 1.90. The van der Waals surface area contributed by atoms with Gasteiger partial charge in [0.2, 0.25) is 5.91 Å². The van der Waals surface area contributed by atoms with E-state index in [1.165, 1.54) is 6.08 Å². The molecule has 0 bridgehead atoms. The van der Waals surface area contributed by atoms with Crippen LogP contribution in [0.3, 0.4) is 0 Å². The fraction of sp³-hybridized carbons (Fsp3) is 0.308. The van der Waals surface area contributed by atoms with Gasteiger partial charge in [0.25, 0.3) is 0 Å². The zero-order valence-electron chi connectivity index (χ0n) is 9.69. The molecule has 1 N–H and O–H groups in total. The summed E-state index contributed by atoms with van der Waals surface area (Å²) in [4.78, 5) is 13.4. The summed E-state index contributed by atoms with van der Waals surface area (Å²) in [6.45, 7) is 6.71. The van der Waals surface area contributed by atoms with Crippen LogP contribution in [0.4, 0.5) is 11.4 Å². The van der Waals surface area contributed by atoms with E-state index in [1.54, 1.807) is 0 Å². The third-order valence-corrected chi connectivity index (χ3v) is 2.68. The zero-order valence-corrected chi connectivity index (χ0v) is 9.69. The van der Waals surface area contributed by atoms with Crippen LogP contribution in [-0.4, -0.2) is 32.2 Å². The predicted molar refractivity (Wildman–Crippen MR) is 68.3 cm³/mol. The molecule has 0 aliphatic carbocycles. The van der Waals surface area contributed by atoms with Gasteiger partial charge in [0.05, 0.1) is 13.2 Å². The number of carbonyl (C=O) groups excluding carboxylic acids is 1. The second-order valence-corrected chi connectivity index (χ2v) is 3.84. The number of nitrogens with one attached hydrogen (secondary N) is 1. The maximum Gasteiger partial charge on any atom is 0.247 e. The van der Waals surface area contributed by atoms with Gasteiger partial charge in [-0.1, -0.05) is 12.6 Å². The van der Waals surface area contributed by atoms with Crippen molar-refractivity contribution in [3.05, 3.63) is 36.9 Å². The molecule has 1 aliphatic rings. The van der Waals surface area contributed by atoms with Crippen molar-refractivity contribution in [1.29, 1.82) is 0 Å². The van der Waals surface area contributed by atoms with Crippen LogP contribution in [0.15, 0.2) is 36.9 Å². The van der Waals surface area contributed by atoms with E-state index in [-0.39, 0.29) is 5.91 Å². The smallest absolute Gasteiger partial charge is 0.247 e. The minimum atomic E-state index is -0.191. The molecule has 90 valence electrons. The Hall–Kier alpha value is -1.81. The van der Waals surface area contributed by atoms with E-state index in [0.29, 0.717) is 0 Å². The first kappa shape index (κ1) is 11.7. The summed E-state index contributed by atoms with van der Waals surface area (Å²) >= 11 is 0. The molecular formula is C13H16N2O2. The van der Waals surface area contributed by atoms with Crippen molar-refractivity contribution in [2.45, 2.75) is 0 Å². The number of benzene rings is 1. The fourth-order valence-corrected chi connectivity index (χ4v) is 1.80. The molecule has 0 atom stereocenters. The summed E-state index contributed by atoms with van der Waals surface area (Å²) in [6, 6.07) is 7.80. The highest BCUT2D eigenvalue weighted by Crippen LogP contribution is 2.20. The molecule has 17 heavy (non-hydrogen) atoms. The first-order valence-corrected chi connectivity index (χ1v) is 5.66. The minimum Gasteiger partial charge on any atom is -0.378 e. The molecule has 2 rings (SSSR count). The number of anilines is 2. The predicted octanol–water partition coefficient (Wildman–Crippen LogP) is 1.65. The van der Waals surface area contributed by atoms with Gasteiger partial charge in [0.15, 0.2) is 0 Å². The lowest BCUT2D eigenvalue weighted by Crippen LogP contribution is -2.36. The number of rotatable bonds is 3. The largest absolute Gasteiger partial charge is 0.378 e. The molecule has 1 aromatic rings. The topological polar surface area (TPSA) is 41.6 Å². The Morgan fingerprint density at radius 3 is 2.88 bits per heavy atom. The SMILES string of the molecule is C=CC(=O)Nc1cccc(N2CCOCC2)c1. The molecule has 1 aromatic carbocycles. The van der Waals surface area contributed by atoms with Crippen molar-refractivity contribution in [3.8, 4) is 0 Å². The monoisotopic (exact) mass is 232 g/mol. The van der Waals surface area contributed by atoms with Gasteiger partial charge in [-0.25, -0.2) is 0 Å². The van der Waals surface area contributed by atoms with Crippen molar-refractivity contribution in [1.82, 2.24) is 0 Å². The number of nitrogens with zero attached hydrogens (tertiary/aromatic N) is 1. The molecular weight excluding hydrogens is 216 g/mol. The maximum atomic E-state index is 11.2. The molecule has 1 saturated heterocycles. The average Bonchev–Trinajstić information content (AvgIpc) is 2.40. The van der Waals surface area contributed by atoms with E-state index in [9.17, 15) is 4.79 Å². The van der Waals surface area contributed by atoms with Crippen LogP contribution in [0.25, 0.3) is 0 Å². The number of morpholine rings is 1. The van der Waals surface area contributed by atoms with E-state index in [0.717, 1.165) is 37.7 Å². The molecule has 0 unspecified atom stereocenters. The Balaban J connectivity index is 2.10. The number of hydrogen-bond donors (Lipinski definition) is 1. The third-order valence-electron chi connectivity index (χ3n) is 2.68. The summed E-state index contributed by atoms with van der Waals surface area (Å²) in [6.07, 6.45) is 1.27. The van der Waals surface area contributed by atoms with Crippen molar-refractivity contribution < 1.29 is 9.53 Å². The normalized spacial score (nSPS) is 15.4. The lowest BCUT2D eigenvalue weighted by atomic mass is 10.2. The van der Waals surface area contributed by atoms with Gasteiger partial charge >= 0.3 is 0 Å². The molecule has 0 radical (unpaired) electrons. The molecule has 1 heterocycles. The Kier molecular flexibility index (Phi) is 3.77. The fourth-order valence-electron chi connectivity index (χ4n) is 1.80. The summed E-state index contributed by atoms with van der Waals surface area (Å²) in [5, 5.41) is 2.76. The molecule has 0 spiro atoms. The van der Waals surface area contributed by atoms with E-state index in [2.05, 4.69) is 16.8 Å². The van der Waals surface area contributed by atoms with Gasteiger partial charge in [0, 0.05) is 24.5 Å². The van der Waals surface area contributed by atoms with Crippen molar-refractivity contribution in [2.75, 3.05) is 36.5 Å². The van der Waals surface area contributed by atoms with Crippen LogP contribution in [0, 0.1) is 0 Å². The first-order valence-electron chi connectivity index (χ1n) is 5.66. The summed E-state index contributed by atoms with van der Waals surface area (Å²) < 4.78 is 5.31. The minimum absolute atomic E-state index is 0.191. The number of amides is 1. The van der Waals surface area contributed by atoms with E-state index < -0.39 is 0 Å². The van der Waals surface area contributed by atoms with E-state index >= 15 is 0 Å². The van der Waals surface area contributed by atoms with Gasteiger partial charge in [0.1, 0.15) is 0 Å². The van der Waals surface area contributed by atoms with Gasteiger partial charge in [-0.15, -0.1) is 0 Å². The Labute approximate surface area is 101 Å². The number of carbonyl (C=O) groups is 1. The van der Waals surface area contributed by atoms with Crippen LogP contribution in [0.2, 0.25) is 0 Å². The van der Waals surface area contributed by atoms with Gasteiger partial charge in [-0.05, 0) is 24.3 Å². The van der Waals surface area contributed by atoms with E-state index in [4.69, 9.17) is 4.74 Å². The van der Waals surface area contributed by atoms with Crippen molar-refractivity contribution in [3.63, 3.8) is 0 Å². The van der Waals surface area contributed by atoms with E-state index in [1.807, 2.05) is 24.3 Å². The van der Waals surface area contributed by atoms with Crippen molar-refractivity contribution >= 4 is 17.3 Å². The molecule has 0 saturated carbocycles. The average molecular weight is 232 g/mol. The standard InChI is InChI=1S/C13H16N2O2/c1-2-13(16)14-11-4-3-5-12(10-11)15-6-8-17-9-7-15/h2-5,10H,1,6-9H2,(H,14,16). The van der Waals surface area contributed by atoms with Gasteiger partial charge in [-0.2, -0.15) is 0 Å². The molecule has 1 amide bonds. The second kappa shape index (κ2) is 5.50. The summed E-state index contributed by atoms with van der Waals surface area (Å²) in [5.74, 6) is -0.191. The van der Waals surface area contributed by atoms with Gasteiger partial charge in [-0.3, -0.25) is 4.79 Å². The highest BCUT2D eigenvalue weighted by molar-refractivity contribution is 5.99. The lowest BCUT2D eigenvalue weighted by Gasteiger charge is -2.29. The Morgan fingerprint density at radius 1 is 1.41 bits per heavy atom. The van der Waals surface area contributed by atoms with Crippen molar-refractivity contribution in [2.24, 2.45) is 0 Å². The maximum absolute atomic E-state index is 11.2. The Bertz CT molecular complexity index is 412. The quantitative estimate of drug-likeness (QED) is 0.806. The zero-order chi connectivity index (χ0) is 12.1. The number of ether oxygens (including phenoxy) is 1. The lowest BCUT2D eigenvalue weighted by molar-refractivity contribution is -0.111. The second-order valence-electron chi connectivity index (χ2n) is 3.84. The molecule has 4 nitrogen and oxygen atoms in total. The first-order chi connectivity index (χ1) is 8.29. The molecule has 4 heteroatoms. The van der Waals surface area contributed by atoms with Gasteiger partial charge < -0.3 is 15.0 Å². The van der Waals surface area contributed by atoms with Crippen LogP contribution >= 0.6 is 0 Å². The summed E-state index contributed by atoms with van der Waals surface area (Å²) in [7, 11) is 0. The van der Waals surface area contributed by atoms with Crippen LogP contribution < -0.4 is 10.2 Å². The van der Waals surface area contributed by atoms with Crippen LogP contribution in [0.5, 0.6) is 0 Å². The highest BCUT2D eigenvalue weighted by atomic mass is 16.5. The molecule has 1 fully saturated rings. The number of hydrogen-bond acceptors (Lipinski definition) is 3. The Morgan fingerprint density at radius 2 is 2.18 bits per heavy atom. The molecule has 0 aromatic heterocycles. The molecule has 1 aliphatic heterocycles. The third kappa shape index (κ3) is 3.07. The van der Waals surface area contributed by atoms with Crippen LogP contribution in [-0.2, 0) is 9.53 Å². The highest BCUT2D eigenvalue weighted by Gasteiger charge is 2.11.